The van der Waals surface area contributed by atoms with Crippen molar-refractivity contribution in [3.63, 3.8) is 0 Å². The number of benzene rings is 2. The van der Waals surface area contributed by atoms with Gasteiger partial charge in [0, 0.05) is 18.2 Å². The van der Waals surface area contributed by atoms with Gasteiger partial charge in [0.2, 0.25) is 0 Å². The Kier molecular flexibility index (Phi) is 6.20. The van der Waals surface area contributed by atoms with E-state index in [9.17, 15) is 17.6 Å². The molecule has 0 spiro atoms. The normalized spacial score (nSPS) is 20.1. The van der Waals surface area contributed by atoms with Crippen molar-refractivity contribution in [2.75, 3.05) is 13.7 Å². The molecule has 2 aromatic carbocycles. The van der Waals surface area contributed by atoms with E-state index in [1.807, 2.05) is 0 Å². The van der Waals surface area contributed by atoms with Crippen LogP contribution in [0.15, 0.2) is 24.3 Å². The summed E-state index contributed by atoms with van der Waals surface area (Å²) in [7, 11) is 1.47. The van der Waals surface area contributed by atoms with Crippen molar-refractivity contribution in [1.82, 2.24) is 0 Å². The fourth-order valence-electron chi connectivity index (χ4n) is 3.86. The number of methoxy groups -OCH3 is 1. The maximum Gasteiger partial charge on any atom is 0.167 e. The van der Waals surface area contributed by atoms with Crippen molar-refractivity contribution >= 4 is 0 Å². The molecule has 1 aliphatic carbocycles. The molecule has 0 atom stereocenters. The molecule has 0 unspecified atom stereocenters. The Labute approximate surface area is 157 Å². The zero-order chi connectivity index (χ0) is 19.6. The summed E-state index contributed by atoms with van der Waals surface area (Å²) in [6.07, 6.45) is 3.80. The largest absolute Gasteiger partial charge is 0.384 e. The van der Waals surface area contributed by atoms with E-state index in [1.165, 1.54) is 31.4 Å². The molecule has 27 heavy (non-hydrogen) atoms. The lowest BCUT2D eigenvalue weighted by Crippen LogP contribution is -2.13. The Morgan fingerprint density at radius 1 is 0.815 bits per heavy atom. The number of halogens is 4. The van der Waals surface area contributed by atoms with Gasteiger partial charge in [-0.15, -0.1) is 0 Å². The second-order valence-electron chi connectivity index (χ2n) is 7.43. The van der Waals surface area contributed by atoms with Gasteiger partial charge in [0.05, 0.1) is 6.61 Å². The van der Waals surface area contributed by atoms with Crippen LogP contribution in [0.4, 0.5) is 17.6 Å². The molecule has 1 saturated carbocycles. The quantitative estimate of drug-likeness (QED) is 0.546. The average Bonchev–Trinajstić information content (AvgIpc) is 2.67. The Hall–Kier alpha value is -1.88. The minimum atomic E-state index is -1.17. The summed E-state index contributed by atoms with van der Waals surface area (Å²) in [5.41, 5.74) is -0.0447. The Morgan fingerprint density at radius 3 is 2.04 bits per heavy atom. The second-order valence-corrected chi connectivity index (χ2v) is 7.43. The van der Waals surface area contributed by atoms with Crippen molar-refractivity contribution < 1.29 is 22.3 Å². The highest BCUT2D eigenvalue weighted by atomic mass is 19.2. The lowest BCUT2D eigenvalue weighted by Gasteiger charge is -2.27. The van der Waals surface area contributed by atoms with E-state index in [4.69, 9.17) is 4.74 Å². The zero-order valence-corrected chi connectivity index (χ0v) is 15.6. The zero-order valence-electron chi connectivity index (χ0n) is 15.6. The van der Waals surface area contributed by atoms with Gasteiger partial charge in [-0.3, -0.25) is 0 Å². The van der Waals surface area contributed by atoms with Crippen LogP contribution in [0.5, 0.6) is 0 Å². The molecule has 5 heteroatoms. The summed E-state index contributed by atoms with van der Waals surface area (Å²) in [4.78, 5) is 0. The van der Waals surface area contributed by atoms with Crippen LogP contribution in [0.2, 0.25) is 0 Å². The van der Waals surface area contributed by atoms with Gasteiger partial charge in [-0.2, -0.15) is 0 Å². The molecule has 0 radical (unpaired) electrons. The summed E-state index contributed by atoms with van der Waals surface area (Å²) < 4.78 is 63.0. The molecule has 0 heterocycles. The van der Waals surface area contributed by atoms with Crippen LogP contribution < -0.4 is 0 Å². The van der Waals surface area contributed by atoms with Gasteiger partial charge in [0.25, 0.3) is 0 Å². The van der Waals surface area contributed by atoms with Crippen LogP contribution >= 0.6 is 0 Å². The maximum atomic E-state index is 14.7. The molecule has 1 fully saturated rings. The Bertz CT molecular complexity index is 810. The minimum Gasteiger partial charge on any atom is -0.384 e. The van der Waals surface area contributed by atoms with Crippen LogP contribution in [0, 0.1) is 29.2 Å². The number of ether oxygens (including phenoxy) is 1. The molecule has 1 nitrogen and oxygen atoms in total. The number of hydrogen-bond acceptors (Lipinski definition) is 1. The number of rotatable bonds is 5. The third kappa shape index (κ3) is 4.03. The molecular formula is C22H24F4O. The highest BCUT2D eigenvalue weighted by Crippen LogP contribution is 2.39. The predicted molar refractivity (Wildman–Crippen MR) is 97.7 cm³/mol. The first kappa shape index (κ1) is 19.9. The van der Waals surface area contributed by atoms with Gasteiger partial charge in [0.15, 0.2) is 23.3 Å². The lowest BCUT2D eigenvalue weighted by atomic mass is 9.79. The van der Waals surface area contributed by atoms with Crippen molar-refractivity contribution in [3.05, 3.63) is 58.7 Å². The van der Waals surface area contributed by atoms with Crippen LogP contribution in [0.3, 0.4) is 0 Å². The van der Waals surface area contributed by atoms with Gasteiger partial charge < -0.3 is 4.74 Å². The lowest BCUT2D eigenvalue weighted by molar-refractivity contribution is 0.201. The second kappa shape index (κ2) is 8.42. The van der Waals surface area contributed by atoms with Crippen LogP contribution in [-0.4, -0.2) is 13.7 Å². The molecule has 0 bridgehead atoms. The first-order valence-electron chi connectivity index (χ1n) is 9.38. The van der Waals surface area contributed by atoms with Gasteiger partial charge >= 0.3 is 0 Å². The molecular weight excluding hydrogens is 356 g/mol. The minimum absolute atomic E-state index is 0.0252. The summed E-state index contributed by atoms with van der Waals surface area (Å²) in [5, 5.41) is 0. The summed E-state index contributed by atoms with van der Waals surface area (Å²) >= 11 is 0. The van der Waals surface area contributed by atoms with Gasteiger partial charge in [-0.25, -0.2) is 17.6 Å². The molecule has 0 amide bonds. The van der Waals surface area contributed by atoms with E-state index in [0.717, 1.165) is 25.7 Å². The monoisotopic (exact) mass is 380 g/mol. The summed E-state index contributed by atoms with van der Waals surface area (Å²) in [6.45, 7) is 2.40. The highest BCUT2D eigenvalue weighted by molar-refractivity contribution is 5.66. The molecule has 0 N–H and O–H groups in total. The smallest absolute Gasteiger partial charge is 0.167 e. The van der Waals surface area contributed by atoms with E-state index in [2.05, 4.69) is 6.92 Å². The summed E-state index contributed by atoms with van der Waals surface area (Å²) in [5.74, 6) is -3.70. The molecule has 146 valence electrons. The highest BCUT2D eigenvalue weighted by Gasteiger charge is 2.26. The van der Waals surface area contributed by atoms with Crippen molar-refractivity contribution in [3.8, 4) is 11.1 Å². The van der Waals surface area contributed by atoms with Crippen molar-refractivity contribution in [2.24, 2.45) is 5.92 Å². The van der Waals surface area contributed by atoms with Gasteiger partial charge in [0.1, 0.15) is 0 Å². The molecule has 0 saturated heterocycles. The average molecular weight is 380 g/mol. The van der Waals surface area contributed by atoms with Crippen LogP contribution in [0.25, 0.3) is 11.1 Å². The first-order chi connectivity index (χ1) is 12.9. The summed E-state index contributed by atoms with van der Waals surface area (Å²) in [6, 6.07) is 5.56. The van der Waals surface area contributed by atoms with E-state index in [-0.39, 0.29) is 35.6 Å². The topological polar surface area (TPSA) is 9.23 Å². The first-order valence-corrected chi connectivity index (χ1v) is 9.38. The molecule has 0 aromatic heterocycles. The predicted octanol–water partition coefficient (Wildman–Crippen LogP) is 6.39. The SMILES string of the molecule is COCCc1ccc(-c2ccc(C3CCC(C)CC3)c(F)c2F)c(F)c1F. The van der Waals surface area contributed by atoms with E-state index < -0.39 is 23.3 Å². The third-order valence-corrected chi connectivity index (χ3v) is 5.60. The Balaban J connectivity index is 1.94. The fraction of sp³-hybridized carbons (Fsp3) is 0.455. The van der Waals surface area contributed by atoms with Gasteiger partial charge in [-0.05, 0) is 42.2 Å². The van der Waals surface area contributed by atoms with Gasteiger partial charge in [-0.1, -0.05) is 44.0 Å². The molecule has 1 aliphatic rings. The standard InChI is InChI=1S/C22H24F4O/c1-13-3-5-14(6-4-13)16-9-10-18(22(26)20(16)24)17-8-7-15(11-12-27-2)19(23)21(17)25/h7-10,13-14H,3-6,11-12H2,1-2H3. The van der Waals surface area contributed by atoms with E-state index in [0.29, 0.717) is 11.5 Å². The number of hydrogen-bond donors (Lipinski definition) is 0. The van der Waals surface area contributed by atoms with Crippen molar-refractivity contribution in [1.29, 1.82) is 0 Å². The molecule has 3 rings (SSSR count). The van der Waals surface area contributed by atoms with Crippen LogP contribution in [0.1, 0.15) is 49.7 Å². The van der Waals surface area contributed by atoms with Crippen LogP contribution in [-0.2, 0) is 11.2 Å². The fourth-order valence-corrected chi connectivity index (χ4v) is 3.86. The van der Waals surface area contributed by atoms with Crippen molar-refractivity contribution in [2.45, 2.75) is 44.9 Å². The van der Waals surface area contributed by atoms with E-state index >= 15 is 0 Å². The third-order valence-electron chi connectivity index (χ3n) is 5.60. The van der Waals surface area contributed by atoms with E-state index in [1.54, 1.807) is 0 Å². The maximum absolute atomic E-state index is 14.7. The Morgan fingerprint density at radius 2 is 1.41 bits per heavy atom. The molecule has 2 aromatic rings. The molecule has 0 aliphatic heterocycles.